The van der Waals surface area contributed by atoms with Gasteiger partial charge in [0, 0.05) is 5.56 Å². The van der Waals surface area contributed by atoms with Crippen molar-refractivity contribution in [2.24, 2.45) is 5.92 Å². The lowest BCUT2D eigenvalue weighted by atomic mass is 9.90. The number of nitrogens with one attached hydrogen (secondary N) is 2. The molecular weight excluding hydrogens is 309 g/mol. The first-order valence-electron chi connectivity index (χ1n) is 8.14. The van der Waals surface area contributed by atoms with E-state index >= 15 is 0 Å². The van der Waals surface area contributed by atoms with Gasteiger partial charge in [-0.3, -0.25) is 4.79 Å². The second kappa shape index (κ2) is 8.65. The maximum Gasteiger partial charge on any atom is 0.276 e. The fourth-order valence-corrected chi connectivity index (χ4v) is 2.28. The molecular formula is C18H27FN3O2+. The minimum atomic E-state index is -0.887. The molecule has 1 aromatic carbocycles. The number of halogens is 1. The Labute approximate surface area is 143 Å². The smallest absolute Gasteiger partial charge is 0.276 e. The number of likely N-dealkylation sites (N-methyl/N-ethyl adjacent to an activating group) is 1. The average molecular weight is 336 g/mol. The predicted octanol–water partition coefficient (Wildman–Crippen LogP) is 1.29. The molecule has 0 aliphatic rings. The summed E-state index contributed by atoms with van der Waals surface area (Å²) in [6, 6.07) is 6.98. The van der Waals surface area contributed by atoms with Gasteiger partial charge in [0.1, 0.15) is 12.1 Å². The molecule has 0 saturated carbocycles. The van der Waals surface area contributed by atoms with Crippen molar-refractivity contribution in [1.82, 2.24) is 5.32 Å². The third-order valence-electron chi connectivity index (χ3n) is 4.37. The van der Waals surface area contributed by atoms with Crippen LogP contribution in [0.1, 0.15) is 33.3 Å². The number of benzene rings is 1. The Morgan fingerprint density at radius 3 is 2.62 bits per heavy atom. The molecule has 0 bridgehead atoms. The first-order valence-corrected chi connectivity index (χ1v) is 8.14. The van der Waals surface area contributed by atoms with Crippen molar-refractivity contribution in [3.8, 4) is 11.8 Å². The fourth-order valence-electron chi connectivity index (χ4n) is 2.28. The Bertz CT molecular complexity index is 613. The van der Waals surface area contributed by atoms with Crippen LogP contribution in [-0.2, 0) is 11.3 Å². The van der Waals surface area contributed by atoms with Crippen LogP contribution in [0.15, 0.2) is 18.2 Å². The molecule has 0 spiro atoms. The Balaban J connectivity index is 2.72. The number of carbonyl (C=O) groups is 1. The number of ether oxygens (including phenoxy) is 1. The lowest BCUT2D eigenvalue weighted by Gasteiger charge is -2.28. The molecule has 0 radical (unpaired) electrons. The van der Waals surface area contributed by atoms with Crippen molar-refractivity contribution >= 4 is 5.91 Å². The molecule has 1 unspecified atom stereocenters. The number of carbonyl (C=O) groups excluding carboxylic acids is 1. The van der Waals surface area contributed by atoms with Crippen LogP contribution in [0, 0.1) is 23.1 Å². The highest BCUT2D eigenvalue weighted by Gasteiger charge is 2.31. The van der Waals surface area contributed by atoms with E-state index in [9.17, 15) is 14.4 Å². The maximum absolute atomic E-state index is 13.8. The first kappa shape index (κ1) is 19.9. The van der Waals surface area contributed by atoms with Gasteiger partial charge >= 0.3 is 0 Å². The second-order valence-electron chi connectivity index (χ2n) is 6.44. The SMILES string of the molecule is CC[NH+](CC(=O)N[C@@](C)(C#N)C(C)C)Cc1ccc(OC)c(F)c1. The molecule has 2 atom stereocenters. The number of hydrogen-bond donors (Lipinski definition) is 2. The molecule has 6 heteroatoms. The Morgan fingerprint density at radius 2 is 2.17 bits per heavy atom. The van der Waals surface area contributed by atoms with Crippen molar-refractivity contribution in [2.75, 3.05) is 20.2 Å². The van der Waals surface area contributed by atoms with Gasteiger partial charge in [-0.05, 0) is 38.0 Å². The van der Waals surface area contributed by atoms with Gasteiger partial charge in [-0.15, -0.1) is 0 Å². The van der Waals surface area contributed by atoms with E-state index in [4.69, 9.17) is 4.74 Å². The molecule has 0 heterocycles. The molecule has 1 amide bonds. The second-order valence-corrected chi connectivity index (χ2v) is 6.44. The van der Waals surface area contributed by atoms with Crippen LogP contribution in [0.25, 0.3) is 0 Å². The molecule has 5 nitrogen and oxygen atoms in total. The fraction of sp³-hybridized carbons (Fsp3) is 0.556. The minimum absolute atomic E-state index is 0.00668. The number of nitriles is 1. The van der Waals surface area contributed by atoms with Crippen molar-refractivity contribution in [3.63, 3.8) is 0 Å². The molecule has 2 N–H and O–H groups in total. The zero-order valence-corrected chi connectivity index (χ0v) is 15.1. The van der Waals surface area contributed by atoms with Crippen molar-refractivity contribution in [2.45, 2.75) is 39.8 Å². The van der Waals surface area contributed by atoms with Crippen LogP contribution < -0.4 is 15.0 Å². The highest BCUT2D eigenvalue weighted by molar-refractivity contribution is 5.78. The summed E-state index contributed by atoms with van der Waals surface area (Å²) in [5.74, 6) is -0.381. The molecule has 0 fully saturated rings. The summed E-state index contributed by atoms with van der Waals surface area (Å²) in [5.41, 5.74) is -0.0906. The summed E-state index contributed by atoms with van der Waals surface area (Å²) in [6.45, 7) is 8.95. The van der Waals surface area contributed by atoms with Crippen molar-refractivity contribution < 1.29 is 18.8 Å². The van der Waals surface area contributed by atoms with Crippen LogP contribution in [-0.4, -0.2) is 31.6 Å². The lowest BCUT2D eigenvalue weighted by Crippen LogP contribution is -3.11. The molecule has 0 aromatic heterocycles. The molecule has 1 aromatic rings. The summed E-state index contributed by atoms with van der Waals surface area (Å²) in [6.07, 6.45) is 0. The highest BCUT2D eigenvalue weighted by atomic mass is 19.1. The largest absolute Gasteiger partial charge is 0.494 e. The standard InChI is InChI=1S/C18H26FN3O2/c1-6-22(10-14-7-8-16(24-5)15(19)9-14)11-17(23)21-18(4,12-20)13(2)3/h7-9,13H,6,10-11H2,1-5H3,(H,21,23)/p+1/t18-/m0/s1. The summed E-state index contributed by atoms with van der Waals surface area (Å²) in [7, 11) is 1.42. The van der Waals surface area contributed by atoms with E-state index in [-0.39, 0.29) is 24.1 Å². The van der Waals surface area contributed by atoms with Gasteiger partial charge in [0.15, 0.2) is 18.1 Å². The predicted molar refractivity (Wildman–Crippen MR) is 90.0 cm³/mol. The van der Waals surface area contributed by atoms with Gasteiger partial charge in [-0.25, -0.2) is 4.39 Å². The molecule has 1 rings (SSSR count). The van der Waals surface area contributed by atoms with Gasteiger partial charge in [0.25, 0.3) is 5.91 Å². The zero-order chi connectivity index (χ0) is 18.3. The summed E-state index contributed by atoms with van der Waals surface area (Å²) < 4.78 is 18.7. The Kier molecular flexibility index (Phi) is 7.18. The number of rotatable bonds is 8. The van der Waals surface area contributed by atoms with Gasteiger partial charge < -0.3 is 15.0 Å². The quantitative estimate of drug-likeness (QED) is 0.752. The summed E-state index contributed by atoms with van der Waals surface area (Å²) in [5, 5.41) is 12.1. The molecule has 0 aliphatic heterocycles. The van der Waals surface area contributed by atoms with Crippen LogP contribution >= 0.6 is 0 Å². The molecule has 24 heavy (non-hydrogen) atoms. The van der Waals surface area contributed by atoms with E-state index in [0.29, 0.717) is 13.1 Å². The number of quaternary nitrogens is 1. The number of hydrogen-bond acceptors (Lipinski definition) is 3. The topological polar surface area (TPSA) is 66.6 Å². The Morgan fingerprint density at radius 1 is 1.50 bits per heavy atom. The van der Waals surface area contributed by atoms with Crippen LogP contribution in [0.5, 0.6) is 5.75 Å². The number of nitrogens with zero attached hydrogens (tertiary/aromatic N) is 1. The summed E-state index contributed by atoms with van der Waals surface area (Å²) in [4.78, 5) is 13.3. The molecule has 132 valence electrons. The van der Waals surface area contributed by atoms with Gasteiger partial charge in [0.05, 0.1) is 19.7 Å². The minimum Gasteiger partial charge on any atom is -0.494 e. The zero-order valence-electron chi connectivity index (χ0n) is 15.1. The molecule has 0 aliphatic carbocycles. The van der Waals surface area contributed by atoms with Gasteiger partial charge in [0.2, 0.25) is 0 Å². The lowest BCUT2D eigenvalue weighted by molar-refractivity contribution is -0.904. The van der Waals surface area contributed by atoms with Crippen LogP contribution in [0.3, 0.4) is 0 Å². The van der Waals surface area contributed by atoms with Crippen LogP contribution in [0.2, 0.25) is 0 Å². The molecule has 0 saturated heterocycles. The third-order valence-corrected chi connectivity index (χ3v) is 4.37. The van der Waals surface area contributed by atoms with E-state index in [0.717, 1.165) is 10.5 Å². The van der Waals surface area contributed by atoms with Gasteiger partial charge in [-0.1, -0.05) is 13.8 Å². The third kappa shape index (κ3) is 5.20. The average Bonchev–Trinajstić information content (AvgIpc) is 2.53. The monoisotopic (exact) mass is 336 g/mol. The van der Waals surface area contributed by atoms with Crippen LogP contribution in [0.4, 0.5) is 4.39 Å². The van der Waals surface area contributed by atoms with Crippen molar-refractivity contribution in [1.29, 1.82) is 5.26 Å². The summed E-state index contributed by atoms with van der Waals surface area (Å²) >= 11 is 0. The van der Waals surface area contributed by atoms with E-state index < -0.39 is 11.4 Å². The van der Waals surface area contributed by atoms with E-state index in [1.54, 1.807) is 19.1 Å². The Hall–Kier alpha value is -2.13. The van der Waals surface area contributed by atoms with Gasteiger partial charge in [-0.2, -0.15) is 5.26 Å². The van der Waals surface area contributed by atoms with E-state index in [1.165, 1.54) is 13.2 Å². The highest BCUT2D eigenvalue weighted by Crippen LogP contribution is 2.17. The van der Waals surface area contributed by atoms with E-state index in [1.807, 2.05) is 20.8 Å². The first-order chi connectivity index (χ1) is 11.3. The maximum atomic E-state index is 13.8. The van der Waals surface area contributed by atoms with Crippen molar-refractivity contribution in [3.05, 3.63) is 29.6 Å². The normalized spacial score (nSPS) is 14.6. The number of methoxy groups -OCH3 is 1. The van der Waals surface area contributed by atoms with E-state index in [2.05, 4.69) is 11.4 Å². The number of amides is 1.